The van der Waals surface area contributed by atoms with Gasteiger partial charge in [0, 0.05) is 31.7 Å². The number of benzene rings is 2. The van der Waals surface area contributed by atoms with Gasteiger partial charge in [-0.05, 0) is 53.6 Å². The van der Waals surface area contributed by atoms with Gasteiger partial charge in [-0.25, -0.2) is 0 Å². The summed E-state index contributed by atoms with van der Waals surface area (Å²) in [6.45, 7) is 13.5. The standard InChI is InChI=1S/C31H40N2O5/c1-5-19-38-25-13-9-23(10-14-25)28(34)26-27(22-7-11-24(12-8-22)31(2,3)4)33(30(36)29(26)35)16-6-15-32-17-20-37-21-18-32/h7-14,27,34H,5-6,15-21H2,1-4H3/b28-26-. The van der Waals surface area contributed by atoms with Gasteiger partial charge in [0.2, 0.25) is 0 Å². The van der Waals surface area contributed by atoms with Crippen LogP contribution in [0.3, 0.4) is 0 Å². The van der Waals surface area contributed by atoms with Gasteiger partial charge in [0.05, 0.1) is 31.4 Å². The molecule has 2 saturated heterocycles. The minimum Gasteiger partial charge on any atom is -0.507 e. The van der Waals surface area contributed by atoms with Crippen molar-refractivity contribution < 1.29 is 24.2 Å². The highest BCUT2D eigenvalue weighted by molar-refractivity contribution is 6.46. The molecule has 1 atom stereocenters. The minimum atomic E-state index is -0.648. The molecule has 1 amide bonds. The van der Waals surface area contributed by atoms with Gasteiger partial charge in [-0.15, -0.1) is 0 Å². The summed E-state index contributed by atoms with van der Waals surface area (Å²) in [5, 5.41) is 11.4. The van der Waals surface area contributed by atoms with Gasteiger partial charge in [-0.1, -0.05) is 52.0 Å². The van der Waals surface area contributed by atoms with E-state index in [4.69, 9.17) is 9.47 Å². The summed E-state index contributed by atoms with van der Waals surface area (Å²) < 4.78 is 11.1. The molecule has 0 radical (unpaired) electrons. The molecule has 1 unspecified atom stereocenters. The number of ether oxygens (including phenoxy) is 2. The van der Waals surface area contributed by atoms with Crippen LogP contribution in [0, 0.1) is 0 Å². The number of hydrogen-bond donors (Lipinski definition) is 1. The lowest BCUT2D eigenvalue weighted by molar-refractivity contribution is -0.140. The normalized spacial score (nSPS) is 20.2. The Hall–Kier alpha value is -3.16. The van der Waals surface area contributed by atoms with Crippen molar-refractivity contribution in [3.8, 4) is 5.75 Å². The Bertz CT molecular complexity index is 1140. The Morgan fingerprint density at radius 1 is 1.00 bits per heavy atom. The second-order valence-corrected chi connectivity index (χ2v) is 11.0. The molecule has 2 aromatic carbocycles. The Labute approximate surface area is 226 Å². The zero-order valence-corrected chi connectivity index (χ0v) is 23.0. The molecule has 0 aromatic heterocycles. The predicted octanol–water partition coefficient (Wildman–Crippen LogP) is 4.92. The predicted molar refractivity (Wildman–Crippen MR) is 148 cm³/mol. The number of ketones is 1. The van der Waals surface area contributed by atoms with Crippen LogP contribution < -0.4 is 4.74 Å². The fourth-order valence-electron chi connectivity index (χ4n) is 5.00. The van der Waals surface area contributed by atoms with E-state index in [9.17, 15) is 14.7 Å². The fraction of sp³-hybridized carbons (Fsp3) is 0.484. The number of aliphatic hydroxyl groups excluding tert-OH is 1. The van der Waals surface area contributed by atoms with E-state index in [1.165, 1.54) is 0 Å². The monoisotopic (exact) mass is 520 g/mol. The van der Waals surface area contributed by atoms with E-state index in [-0.39, 0.29) is 16.7 Å². The molecule has 0 saturated carbocycles. The molecule has 2 aliphatic heterocycles. The van der Waals surface area contributed by atoms with Gasteiger partial charge in [-0.2, -0.15) is 0 Å². The van der Waals surface area contributed by atoms with E-state index < -0.39 is 17.7 Å². The molecule has 2 aromatic rings. The van der Waals surface area contributed by atoms with E-state index in [1.807, 2.05) is 31.2 Å². The maximum Gasteiger partial charge on any atom is 0.295 e. The second kappa shape index (κ2) is 12.1. The van der Waals surface area contributed by atoms with Gasteiger partial charge >= 0.3 is 0 Å². The van der Waals surface area contributed by atoms with Crippen molar-refractivity contribution in [3.63, 3.8) is 0 Å². The molecule has 0 spiro atoms. The van der Waals surface area contributed by atoms with Crippen LogP contribution in [0.1, 0.15) is 63.3 Å². The van der Waals surface area contributed by atoms with E-state index in [0.29, 0.717) is 37.7 Å². The molecular formula is C31H40N2O5. The first-order valence-electron chi connectivity index (χ1n) is 13.6. The second-order valence-electron chi connectivity index (χ2n) is 11.0. The highest BCUT2D eigenvalue weighted by Crippen LogP contribution is 2.40. The van der Waals surface area contributed by atoms with Crippen LogP contribution in [0.5, 0.6) is 5.75 Å². The molecule has 7 heteroatoms. The number of carbonyl (C=O) groups is 2. The maximum absolute atomic E-state index is 13.4. The van der Waals surface area contributed by atoms with Crippen LogP contribution in [0.2, 0.25) is 0 Å². The molecule has 0 bridgehead atoms. The van der Waals surface area contributed by atoms with Crippen LogP contribution in [-0.2, 0) is 19.7 Å². The van der Waals surface area contributed by atoms with Crippen molar-refractivity contribution >= 4 is 17.4 Å². The molecule has 2 fully saturated rings. The third kappa shape index (κ3) is 6.27. The van der Waals surface area contributed by atoms with Gasteiger partial charge in [0.1, 0.15) is 11.5 Å². The average Bonchev–Trinajstić information content (AvgIpc) is 3.17. The Morgan fingerprint density at radius 3 is 2.26 bits per heavy atom. The molecule has 7 nitrogen and oxygen atoms in total. The highest BCUT2D eigenvalue weighted by Gasteiger charge is 2.45. The summed E-state index contributed by atoms with van der Waals surface area (Å²) in [6, 6.07) is 14.4. The first-order chi connectivity index (χ1) is 18.2. The van der Waals surface area contributed by atoms with Crippen molar-refractivity contribution in [1.82, 2.24) is 9.80 Å². The van der Waals surface area contributed by atoms with Crippen molar-refractivity contribution in [2.45, 2.75) is 52.0 Å². The number of Topliss-reactive ketones (excluding diaryl/α,β-unsaturated/α-hetero) is 1. The Kier molecular flexibility index (Phi) is 8.90. The van der Waals surface area contributed by atoms with Crippen LogP contribution in [0.15, 0.2) is 54.1 Å². The molecule has 0 aliphatic carbocycles. The summed E-state index contributed by atoms with van der Waals surface area (Å²) in [6.07, 6.45) is 1.62. The van der Waals surface area contributed by atoms with E-state index >= 15 is 0 Å². The zero-order valence-electron chi connectivity index (χ0n) is 23.0. The number of amides is 1. The highest BCUT2D eigenvalue weighted by atomic mass is 16.5. The molecule has 4 rings (SSSR count). The lowest BCUT2D eigenvalue weighted by Gasteiger charge is -2.29. The number of morpholine rings is 1. The van der Waals surface area contributed by atoms with Gasteiger partial charge in [0.15, 0.2) is 0 Å². The van der Waals surface area contributed by atoms with Gasteiger partial charge < -0.3 is 19.5 Å². The third-order valence-corrected chi connectivity index (χ3v) is 7.21. The number of aliphatic hydroxyl groups is 1. The molecule has 38 heavy (non-hydrogen) atoms. The van der Waals surface area contributed by atoms with Gasteiger partial charge in [-0.3, -0.25) is 14.5 Å². The maximum atomic E-state index is 13.4. The minimum absolute atomic E-state index is 0.0277. The Balaban J connectivity index is 1.66. The Morgan fingerprint density at radius 2 is 1.66 bits per heavy atom. The van der Waals surface area contributed by atoms with E-state index in [2.05, 4.69) is 25.7 Å². The summed E-state index contributed by atoms with van der Waals surface area (Å²) >= 11 is 0. The van der Waals surface area contributed by atoms with E-state index in [0.717, 1.165) is 43.6 Å². The van der Waals surface area contributed by atoms with Crippen LogP contribution in [0.25, 0.3) is 5.76 Å². The van der Waals surface area contributed by atoms with E-state index in [1.54, 1.807) is 29.2 Å². The summed E-state index contributed by atoms with van der Waals surface area (Å²) in [5.41, 5.74) is 2.56. The number of hydrogen-bond acceptors (Lipinski definition) is 6. The van der Waals surface area contributed by atoms with Crippen molar-refractivity contribution in [3.05, 3.63) is 70.8 Å². The largest absolute Gasteiger partial charge is 0.507 e. The molecule has 1 N–H and O–H groups in total. The fourth-order valence-corrected chi connectivity index (χ4v) is 5.00. The molecule has 2 heterocycles. The summed E-state index contributed by atoms with van der Waals surface area (Å²) in [7, 11) is 0. The van der Waals surface area contributed by atoms with Crippen molar-refractivity contribution in [2.24, 2.45) is 0 Å². The number of nitrogens with zero attached hydrogens (tertiary/aromatic N) is 2. The lowest BCUT2D eigenvalue weighted by atomic mass is 9.85. The number of rotatable bonds is 9. The van der Waals surface area contributed by atoms with Crippen LogP contribution in [-0.4, -0.2) is 72.6 Å². The molecule has 2 aliphatic rings. The zero-order chi connectivity index (χ0) is 27.3. The third-order valence-electron chi connectivity index (χ3n) is 7.21. The van der Waals surface area contributed by atoms with Crippen LogP contribution >= 0.6 is 0 Å². The first-order valence-corrected chi connectivity index (χ1v) is 13.6. The summed E-state index contributed by atoms with van der Waals surface area (Å²) in [4.78, 5) is 30.6. The lowest BCUT2D eigenvalue weighted by Crippen LogP contribution is -2.39. The molecular weight excluding hydrogens is 480 g/mol. The molecule has 204 valence electrons. The van der Waals surface area contributed by atoms with Gasteiger partial charge in [0.25, 0.3) is 11.7 Å². The first kappa shape index (κ1) is 27.9. The number of likely N-dealkylation sites (tertiary alicyclic amines) is 1. The quantitative estimate of drug-likeness (QED) is 0.287. The topological polar surface area (TPSA) is 79.3 Å². The van der Waals surface area contributed by atoms with Crippen molar-refractivity contribution in [2.75, 3.05) is 46.0 Å². The van der Waals surface area contributed by atoms with Crippen molar-refractivity contribution in [1.29, 1.82) is 0 Å². The smallest absolute Gasteiger partial charge is 0.295 e. The summed E-state index contributed by atoms with van der Waals surface area (Å²) in [5.74, 6) is -0.682. The number of carbonyl (C=O) groups excluding carboxylic acids is 2. The van der Waals surface area contributed by atoms with Crippen LogP contribution in [0.4, 0.5) is 0 Å². The SMILES string of the molecule is CCCOc1ccc(/C(O)=C2/C(=O)C(=O)N(CCCN3CCOCC3)C2c2ccc(C(C)(C)C)cc2)cc1. The average molecular weight is 521 g/mol.